The number of piperidine rings is 1. The lowest BCUT2D eigenvalue weighted by molar-refractivity contribution is -0.385. The maximum atomic E-state index is 12.0. The second-order valence-electron chi connectivity index (χ2n) is 5.09. The first-order chi connectivity index (χ1) is 10.1. The zero-order valence-electron chi connectivity index (χ0n) is 11.7. The van der Waals surface area contributed by atoms with E-state index in [1.165, 1.54) is 12.5 Å². The van der Waals surface area contributed by atoms with E-state index in [1.54, 1.807) is 12.1 Å². The fourth-order valence-corrected chi connectivity index (χ4v) is 2.77. The Hall–Kier alpha value is -1.47. The molecule has 114 valence electrons. The molecule has 0 spiro atoms. The molecule has 1 aliphatic heterocycles. The van der Waals surface area contributed by atoms with Gasteiger partial charge in [0, 0.05) is 25.7 Å². The lowest BCUT2D eigenvalue weighted by Gasteiger charge is -2.26. The Kier molecular flexibility index (Phi) is 5.69. The van der Waals surface area contributed by atoms with Gasteiger partial charge in [0.25, 0.3) is 5.69 Å². The lowest BCUT2D eigenvalue weighted by atomic mass is 10.1. The Bertz CT molecular complexity index is 530. The number of benzene rings is 1. The second-order valence-corrected chi connectivity index (χ2v) is 5.94. The van der Waals surface area contributed by atoms with Crippen molar-refractivity contribution in [2.75, 3.05) is 19.6 Å². The van der Waals surface area contributed by atoms with Crippen molar-refractivity contribution in [2.24, 2.45) is 0 Å². The quantitative estimate of drug-likeness (QED) is 0.650. The minimum absolute atomic E-state index is 0.0386. The number of rotatable bonds is 5. The summed E-state index contributed by atoms with van der Waals surface area (Å²) in [6.45, 7) is 2.38. The standard InChI is InChI=1S/C14H18BrN3O3/c15-12-5-4-11(8-13(12)18(20)21)9-16-10-14(19)17-6-2-1-3-7-17/h4-5,8,16H,1-3,6-7,9-10H2. The van der Waals surface area contributed by atoms with Crippen molar-refractivity contribution in [2.45, 2.75) is 25.8 Å². The Morgan fingerprint density at radius 2 is 2.05 bits per heavy atom. The molecule has 2 rings (SSSR count). The minimum Gasteiger partial charge on any atom is -0.342 e. The van der Waals surface area contributed by atoms with Gasteiger partial charge in [0.15, 0.2) is 0 Å². The molecule has 1 aliphatic rings. The molecule has 0 aliphatic carbocycles. The summed E-state index contributed by atoms with van der Waals surface area (Å²) in [6, 6.07) is 4.97. The molecule has 1 saturated heterocycles. The summed E-state index contributed by atoms with van der Waals surface area (Å²) in [6.07, 6.45) is 3.34. The third-order valence-electron chi connectivity index (χ3n) is 3.52. The van der Waals surface area contributed by atoms with Crippen LogP contribution >= 0.6 is 15.9 Å². The molecular formula is C14H18BrN3O3. The van der Waals surface area contributed by atoms with Crippen molar-refractivity contribution in [3.63, 3.8) is 0 Å². The maximum absolute atomic E-state index is 12.0. The predicted molar refractivity (Wildman–Crippen MR) is 82.9 cm³/mol. The lowest BCUT2D eigenvalue weighted by Crippen LogP contribution is -2.40. The maximum Gasteiger partial charge on any atom is 0.283 e. The highest BCUT2D eigenvalue weighted by molar-refractivity contribution is 9.10. The molecule has 7 heteroatoms. The molecule has 6 nitrogen and oxygen atoms in total. The number of hydrogen-bond donors (Lipinski definition) is 1. The Morgan fingerprint density at radius 3 is 2.71 bits per heavy atom. The van der Waals surface area contributed by atoms with E-state index in [0.717, 1.165) is 31.5 Å². The van der Waals surface area contributed by atoms with Gasteiger partial charge in [0.2, 0.25) is 5.91 Å². The Labute approximate surface area is 131 Å². The van der Waals surface area contributed by atoms with Gasteiger partial charge in [0.1, 0.15) is 0 Å². The SMILES string of the molecule is O=C(CNCc1ccc(Br)c([N+](=O)[O-])c1)N1CCCCC1. The van der Waals surface area contributed by atoms with Crippen molar-refractivity contribution in [1.29, 1.82) is 0 Å². The van der Waals surface area contributed by atoms with E-state index in [4.69, 9.17) is 0 Å². The number of amides is 1. The summed E-state index contributed by atoms with van der Waals surface area (Å²) in [5.74, 6) is 0.0984. The summed E-state index contributed by atoms with van der Waals surface area (Å²) in [4.78, 5) is 24.3. The molecule has 1 aromatic carbocycles. The van der Waals surface area contributed by atoms with E-state index >= 15 is 0 Å². The van der Waals surface area contributed by atoms with Crippen molar-refractivity contribution in [1.82, 2.24) is 10.2 Å². The molecular weight excluding hydrogens is 338 g/mol. The summed E-state index contributed by atoms with van der Waals surface area (Å²) in [5.41, 5.74) is 0.827. The number of nitrogens with one attached hydrogen (secondary N) is 1. The molecule has 1 N–H and O–H groups in total. The first-order valence-electron chi connectivity index (χ1n) is 6.99. The first-order valence-corrected chi connectivity index (χ1v) is 7.78. The molecule has 0 bridgehead atoms. The third-order valence-corrected chi connectivity index (χ3v) is 4.19. The van der Waals surface area contributed by atoms with Gasteiger partial charge in [-0.3, -0.25) is 14.9 Å². The fraction of sp³-hybridized carbons (Fsp3) is 0.500. The molecule has 0 saturated carbocycles. The number of nitro groups is 1. The first kappa shape index (κ1) is 15.9. The average Bonchev–Trinajstić information content (AvgIpc) is 2.49. The van der Waals surface area contributed by atoms with E-state index in [9.17, 15) is 14.9 Å². The summed E-state index contributed by atoms with van der Waals surface area (Å²) in [5, 5.41) is 13.9. The number of nitro benzene ring substituents is 1. The van der Waals surface area contributed by atoms with Crippen LogP contribution in [0.25, 0.3) is 0 Å². The van der Waals surface area contributed by atoms with Crippen LogP contribution in [0.2, 0.25) is 0 Å². The summed E-state index contributed by atoms with van der Waals surface area (Å²) >= 11 is 3.15. The van der Waals surface area contributed by atoms with Gasteiger partial charge in [-0.2, -0.15) is 0 Å². The van der Waals surface area contributed by atoms with Gasteiger partial charge in [-0.25, -0.2) is 0 Å². The van der Waals surface area contributed by atoms with Crippen LogP contribution in [0.3, 0.4) is 0 Å². The van der Waals surface area contributed by atoms with Crippen molar-refractivity contribution in [3.05, 3.63) is 38.3 Å². The van der Waals surface area contributed by atoms with Crippen LogP contribution in [0.4, 0.5) is 5.69 Å². The molecule has 0 unspecified atom stereocenters. The van der Waals surface area contributed by atoms with Gasteiger partial charge in [-0.15, -0.1) is 0 Å². The molecule has 0 atom stereocenters. The number of halogens is 1. The van der Waals surface area contributed by atoms with Crippen LogP contribution in [0.15, 0.2) is 22.7 Å². The number of carbonyl (C=O) groups is 1. The van der Waals surface area contributed by atoms with Crippen molar-refractivity contribution < 1.29 is 9.72 Å². The van der Waals surface area contributed by atoms with E-state index in [-0.39, 0.29) is 18.1 Å². The van der Waals surface area contributed by atoms with Crippen LogP contribution in [0.1, 0.15) is 24.8 Å². The van der Waals surface area contributed by atoms with E-state index in [1.807, 2.05) is 4.90 Å². The smallest absolute Gasteiger partial charge is 0.283 e. The highest BCUT2D eigenvalue weighted by atomic mass is 79.9. The van der Waals surface area contributed by atoms with Crippen LogP contribution < -0.4 is 5.32 Å². The van der Waals surface area contributed by atoms with Crippen molar-refractivity contribution in [3.8, 4) is 0 Å². The Morgan fingerprint density at radius 1 is 1.33 bits per heavy atom. The monoisotopic (exact) mass is 355 g/mol. The highest BCUT2D eigenvalue weighted by Crippen LogP contribution is 2.25. The third kappa shape index (κ3) is 4.50. The largest absolute Gasteiger partial charge is 0.342 e. The van der Waals surface area contributed by atoms with Gasteiger partial charge in [0.05, 0.1) is 15.9 Å². The van der Waals surface area contributed by atoms with Crippen LogP contribution in [-0.4, -0.2) is 35.4 Å². The van der Waals surface area contributed by atoms with Gasteiger partial charge >= 0.3 is 0 Å². The zero-order chi connectivity index (χ0) is 15.2. The fourth-order valence-electron chi connectivity index (χ4n) is 2.38. The Balaban J connectivity index is 1.84. The average molecular weight is 356 g/mol. The normalized spacial score (nSPS) is 15.0. The van der Waals surface area contributed by atoms with E-state index < -0.39 is 4.92 Å². The van der Waals surface area contributed by atoms with Gasteiger partial charge in [-0.05, 0) is 46.8 Å². The van der Waals surface area contributed by atoms with Crippen LogP contribution in [0, 0.1) is 10.1 Å². The molecule has 1 fully saturated rings. The zero-order valence-corrected chi connectivity index (χ0v) is 13.3. The summed E-state index contributed by atoms with van der Waals surface area (Å²) in [7, 11) is 0. The highest BCUT2D eigenvalue weighted by Gasteiger charge is 2.16. The molecule has 0 aromatic heterocycles. The summed E-state index contributed by atoms with van der Waals surface area (Å²) < 4.78 is 0.459. The molecule has 1 heterocycles. The van der Waals surface area contributed by atoms with E-state index in [0.29, 0.717) is 11.0 Å². The topological polar surface area (TPSA) is 75.5 Å². The predicted octanol–water partition coefficient (Wildman–Crippen LogP) is 2.46. The molecule has 1 amide bonds. The number of nitrogens with zero attached hydrogens (tertiary/aromatic N) is 2. The number of carbonyl (C=O) groups excluding carboxylic acids is 1. The van der Waals surface area contributed by atoms with Crippen LogP contribution in [-0.2, 0) is 11.3 Å². The second kappa shape index (κ2) is 7.51. The molecule has 0 radical (unpaired) electrons. The molecule has 1 aromatic rings. The van der Waals surface area contributed by atoms with Crippen LogP contribution in [0.5, 0.6) is 0 Å². The van der Waals surface area contributed by atoms with E-state index in [2.05, 4.69) is 21.2 Å². The number of likely N-dealkylation sites (tertiary alicyclic amines) is 1. The molecule has 21 heavy (non-hydrogen) atoms. The number of hydrogen-bond acceptors (Lipinski definition) is 4. The van der Waals surface area contributed by atoms with Gasteiger partial charge < -0.3 is 10.2 Å². The van der Waals surface area contributed by atoms with Gasteiger partial charge in [-0.1, -0.05) is 6.07 Å². The van der Waals surface area contributed by atoms with Crippen molar-refractivity contribution >= 4 is 27.5 Å². The minimum atomic E-state index is -0.424.